The molecule has 0 bridgehead atoms. The van der Waals surface area contributed by atoms with Crippen LogP contribution in [0.5, 0.6) is 0 Å². The van der Waals surface area contributed by atoms with Crippen LogP contribution in [0.15, 0.2) is 12.4 Å². The third kappa shape index (κ3) is 1.69. The number of hydrogen-bond donors (Lipinski definition) is 1. The van der Waals surface area contributed by atoms with Crippen molar-refractivity contribution in [2.24, 2.45) is 7.05 Å². The Labute approximate surface area is 85.3 Å². The minimum absolute atomic E-state index is 0.329. The second-order valence-corrected chi connectivity index (χ2v) is 3.29. The molecule has 0 unspecified atom stereocenters. The van der Waals surface area contributed by atoms with Gasteiger partial charge in [-0.25, -0.2) is 0 Å². The van der Waals surface area contributed by atoms with Crippen LogP contribution in [-0.2, 0) is 13.6 Å². The van der Waals surface area contributed by atoms with E-state index in [1.807, 2.05) is 0 Å². The van der Waals surface area contributed by atoms with Gasteiger partial charge in [-0.15, -0.1) is 0 Å². The highest BCUT2D eigenvalue weighted by Gasteiger charge is 2.04. The van der Waals surface area contributed by atoms with Crippen LogP contribution in [0.4, 0.5) is 5.82 Å². The molecule has 7 heteroatoms. The van der Waals surface area contributed by atoms with Crippen LogP contribution in [0.2, 0.25) is 5.02 Å². The van der Waals surface area contributed by atoms with Crippen LogP contribution in [0.1, 0.15) is 5.69 Å². The van der Waals surface area contributed by atoms with Crippen LogP contribution < -0.4 is 5.73 Å². The second kappa shape index (κ2) is 3.30. The van der Waals surface area contributed by atoms with E-state index >= 15 is 0 Å². The first-order valence-corrected chi connectivity index (χ1v) is 4.36. The van der Waals surface area contributed by atoms with Gasteiger partial charge in [-0.05, 0) is 0 Å². The van der Waals surface area contributed by atoms with Crippen LogP contribution >= 0.6 is 11.6 Å². The van der Waals surface area contributed by atoms with Crippen LogP contribution in [-0.4, -0.2) is 24.8 Å². The standard InChI is InChI=1S/C7H9ClN6/c1-13-10-2-5(11-13)3-14-4-6(8)7(9)12-14/h2,4H,3H2,1H3,(H2,9,12). The average molecular weight is 213 g/mol. The lowest BCUT2D eigenvalue weighted by atomic mass is 10.5. The molecule has 0 aliphatic carbocycles. The Balaban J connectivity index is 2.18. The van der Waals surface area contributed by atoms with E-state index in [0.29, 0.717) is 17.4 Å². The summed E-state index contributed by atoms with van der Waals surface area (Å²) in [4.78, 5) is 1.49. The molecule has 0 aromatic carbocycles. The maximum absolute atomic E-state index is 5.75. The summed E-state index contributed by atoms with van der Waals surface area (Å²) in [5.41, 5.74) is 6.31. The van der Waals surface area contributed by atoms with E-state index in [4.69, 9.17) is 17.3 Å². The molecule has 6 nitrogen and oxygen atoms in total. The van der Waals surface area contributed by atoms with Crippen LogP contribution in [0.3, 0.4) is 0 Å². The first-order valence-electron chi connectivity index (χ1n) is 3.99. The van der Waals surface area contributed by atoms with E-state index in [-0.39, 0.29) is 0 Å². The van der Waals surface area contributed by atoms with Crippen molar-refractivity contribution in [1.29, 1.82) is 0 Å². The molecule has 2 aromatic heterocycles. The second-order valence-electron chi connectivity index (χ2n) is 2.89. The topological polar surface area (TPSA) is 74.5 Å². The molecular weight excluding hydrogens is 204 g/mol. The molecular formula is C7H9ClN6. The number of nitrogen functional groups attached to an aromatic ring is 1. The zero-order valence-corrected chi connectivity index (χ0v) is 8.31. The lowest BCUT2D eigenvalue weighted by Gasteiger charge is -1.94. The molecule has 0 atom stereocenters. The van der Waals surface area contributed by atoms with Crippen molar-refractivity contribution in [1.82, 2.24) is 24.8 Å². The van der Waals surface area contributed by atoms with Gasteiger partial charge in [0.25, 0.3) is 0 Å². The quantitative estimate of drug-likeness (QED) is 0.777. The number of hydrogen-bond acceptors (Lipinski definition) is 4. The third-order valence-corrected chi connectivity index (χ3v) is 2.01. The SMILES string of the molecule is Cn1ncc(Cn2cc(Cl)c(N)n2)n1. The Morgan fingerprint density at radius 2 is 2.29 bits per heavy atom. The summed E-state index contributed by atoms with van der Waals surface area (Å²) in [6.45, 7) is 0.519. The van der Waals surface area contributed by atoms with Crippen LogP contribution in [0.25, 0.3) is 0 Å². The van der Waals surface area contributed by atoms with Crippen molar-refractivity contribution in [2.45, 2.75) is 6.54 Å². The predicted octanol–water partition coefficient (Wildman–Crippen LogP) is 0.295. The smallest absolute Gasteiger partial charge is 0.164 e. The largest absolute Gasteiger partial charge is 0.381 e. The molecule has 2 aromatic rings. The van der Waals surface area contributed by atoms with E-state index < -0.39 is 0 Å². The third-order valence-electron chi connectivity index (χ3n) is 1.71. The summed E-state index contributed by atoms with van der Waals surface area (Å²) in [6.07, 6.45) is 3.33. The summed E-state index contributed by atoms with van der Waals surface area (Å²) in [6, 6.07) is 0. The first kappa shape index (κ1) is 9.01. The molecule has 74 valence electrons. The number of nitrogens with two attached hydrogens (primary N) is 1. The monoisotopic (exact) mass is 212 g/mol. The molecule has 0 aliphatic rings. The van der Waals surface area contributed by atoms with E-state index in [1.165, 1.54) is 4.80 Å². The summed E-state index contributed by atoms with van der Waals surface area (Å²) in [7, 11) is 1.76. The van der Waals surface area contributed by atoms with Gasteiger partial charge < -0.3 is 5.73 Å². The molecule has 14 heavy (non-hydrogen) atoms. The minimum Gasteiger partial charge on any atom is -0.381 e. The van der Waals surface area contributed by atoms with E-state index in [1.54, 1.807) is 24.1 Å². The summed E-state index contributed by atoms with van der Waals surface area (Å²) in [5, 5.41) is 12.5. The molecule has 0 radical (unpaired) electrons. The van der Waals surface area contributed by atoms with Gasteiger partial charge in [-0.2, -0.15) is 20.1 Å². The number of anilines is 1. The lowest BCUT2D eigenvalue weighted by Crippen LogP contribution is -2.02. The molecule has 0 fully saturated rings. The maximum atomic E-state index is 5.75. The lowest BCUT2D eigenvalue weighted by molar-refractivity contribution is 0.621. The highest BCUT2D eigenvalue weighted by molar-refractivity contribution is 6.32. The Morgan fingerprint density at radius 3 is 2.79 bits per heavy atom. The number of halogens is 1. The predicted molar refractivity (Wildman–Crippen MR) is 51.8 cm³/mol. The summed E-state index contributed by atoms with van der Waals surface area (Å²) < 4.78 is 1.63. The van der Waals surface area contributed by atoms with Gasteiger partial charge in [-0.3, -0.25) is 4.68 Å². The van der Waals surface area contributed by atoms with Crippen molar-refractivity contribution in [3.8, 4) is 0 Å². The van der Waals surface area contributed by atoms with Gasteiger partial charge in [0.15, 0.2) is 5.82 Å². The molecule has 0 aliphatic heterocycles. The molecule has 2 rings (SSSR count). The molecule has 2 heterocycles. The highest BCUT2D eigenvalue weighted by Crippen LogP contribution is 2.15. The van der Waals surface area contributed by atoms with Gasteiger partial charge in [0.2, 0.25) is 0 Å². The van der Waals surface area contributed by atoms with Crippen molar-refractivity contribution in [3.05, 3.63) is 23.1 Å². The number of rotatable bonds is 2. The average Bonchev–Trinajstić information content (AvgIpc) is 2.62. The molecule has 0 amide bonds. The molecule has 0 saturated heterocycles. The molecule has 2 N–H and O–H groups in total. The fourth-order valence-corrected chi connectivity index (χ4v) is 1.27. The zero-order valence-electron chi connectivity index (χ0n) is 7.55. The Morgan fingerprint density at radius 1 is 1.50 bits per heavy atom. The number of nitrogens with zero attached hydrogens (tertiary/aromatic N) is 5. The summed E-state index contributed by atoms with van der Waals surface area (Å²) >= 11 is 5.75. The number of aromatic nitrogens is 5. The van der Waals surface area contributed by atoms with Crippen molar-refractivity contribution in [2.75, 3.05) is 5.73 Å². The highest BCUT2D eigenvalue weighted by atomic mass is 35.5. The molecule has 0 spiro atoms. The van der Waals surface area contributed by atoms with E-state index in [2.05, 4.69) is 15.3 Å². The van der Waals surface area contributed by atoms with E-state index in [9.17, 15) is 0 Å². The molecule has 0 saturated carbocycles. The Bertz CT molecular complexity index is 425. The van der Waals surface area contributed by atoms with Crippen molar-refractivity contribution < 1.29 is 0 Å². The maximum Gasteiger partial charge on any atom is 0.164 e. The van der Waals surface area contributed by atoms with Crippen LogP contribution in [0, 0.1) is 0 Å². The zero-order chi connectivity index (χ0) is 10.1. The minimum atomic E-state index is 0.329. The normalized spacial score (nSPS) is 10.7. The number of aryl methyl sites for hydroxylation is 1. The fraction of sp³-hybridized carbons (Fsp3) is 0.286. The van der Waals surface area contributed by atoms with Crippen molar-refractivity contribution >= 4 is 17.4 Å². The Kier molecular flexibility index (Phi) is 2.12. The van der Waals surface area contributed by atoms with E-state index in [0.717, 1.165) is 5.69 Å². The van der Waals surface area contributed by atoms with Gasteiger partial charge >= 0.3 is 0 Å². The van der Waals surface area contributed by atoms with Gasteiger partial charge in [0.05, 0.1) is 12.7 Å². The summed E-state index contributed by atoms with van der Waals surface area (Å²) in [5.74, 6) is 0.329. The Hall–Kier alpha value is -1.56. The van der Waals surface area contributed by atoms with Gasteiger partial charge in [0.1, 0.15) is 10.7 Å². The van der Waals surface area contributed by atoms with Gasteiger partial charge in [0, 0.05) is 13.2 Å². The first-order chi connectivity index (χ1) is 6.65. The van der Waals surface area contributed by atoms with Gasteiger partial charge in [-0.1, -0.05) is 11.6 Å². The van der Waals surface area contributed by atoms with Crippen molar-refractivity contribution in [3.63, 3.8) is 0 Å². The fourth-order valence-electron chi connectivity index (χ4n) is 1.12.